The minimum Gasteiger partial charge on any atom is -0.338 e. The zero-order valence-electron chi connectivity index (χ0n) is 13.3. The smallest absolute Gasteiger partial charge is 0.281 e. The Hall–Kier alpha value is -1.43. The topological polar surface area (TPSA) is 82.2 Å². The van der Waals surface area contributed by atoms with Gasteiger partial charge in [0.25, 0.3) is 10.2 Å². The lowest BCUT2D eigenvalue weighted by molar-refractivity contribution is 0.282. The number of aryl methyl sites for hydroxylation is 1. The van der Waals surface area contributed by atoms with Gasteiger partial charge in [0.15, 0.2) is 0 Å². The standard InChI is InChI=1S/C14H23N5O2S/c1-12(9-15)10-18(3)22(20,21)19-7-4-5-13(11-19)14-16-6-8-17(14)2/h6,8,12-13H,4-5,7,10-11H2,1-3H3. The second-order valence-corrected chi connectivity index (χ2v) is 7.95. The third-order valence-electron chi connectivity index (χ3n) is 4.08. The maximum atomic E-state index is 12.7. The number of aromatic nitrogens is 2. The second kappa shape index (κ2) is 6.77. The van der Waals surface area contributed by atoms with Crippen molar-refractivity contribution in [2.45, 2.75) is 25.7 Å². The molecule has 7 nitrogen and oxygen atoms in total. The highest BCUT2D eigenvalue weighted by atomic mass is 32.2. The Morgan fingerprint density at radius 1 is 1.59 bits per heavy atom. The summed E-state index contributed by atoms with van der Waals surface area (Å²) in [4.78, 5) is 4.35. The van der Waals surface area contributed by atoms with E-state index in [4.69, 9.17) is 5.26 Å². The van der Waals surface area contributed by atoms with Gasteiger partial charge in [0.2, 0.25) is 0 Å². The molecule has 0 radical (unpaired) electrons. The van der Waals surface area contributed by atoms with E-state index >= 15 is 0 Å². The minimum absolute atomic E-state index is 0.116. The first-order chi connectivity index (χ1) is 10.4. The zero-order chi connectivity index (χ0) is 16.3. The molecule has 122 valence electrons. The van der Waals surface area contributed by atoms with Crippen LogP contribution in [-0.4, -0.2) is 53.3 Å². The van der Waals surface area contributed by atoms with Crippen LogP contribution in [0, 0.1) is 17.2 Å². The van der Waals surface area contributed by atoms with Crippen LogP contribution in [-0.2, 0) is 17.3 Å². The summed E-state index contributed by atoms with van der Waals surface area (Å²) < 4.78 is 30.0. The summed E-state index contributed by atoms with van der Waals surface area (Å²) in [6.45, 7) is 2.90. The monoisotopic (exact) mass is 325 g/mol. The summed E-state index contributed by atoms with van der Waals surface area (Å²) >= 11 is 0. The average molecular weight is 325 g/mol. The zero-order valence-corrected chi connectivity index (χ0v) is 14.1. The molecule has 1 fully saturated rings. The fourth-order valence-corrected chi connectivity index (χ4v) is 4.39. The maximum absolute atomic E-state index is 12.7. The van der Waals surface area contributed by atoms with E-state index in [0.29, 0.717) is 13.1 Å². The molecule has 2 heterocycles. The molecule has 2 rings (SSSR count). The molecule has 0 aliphatic carbocycles. The molecule has 0 bridgehead atoms. The summed E-state index contributed by atoms with van der Waals surface area (Å²) in [5.41, 5.74) is 0. The van der Waals surface area contributed by atoms with Gasteiger partial charge in [-0.15, -0.1) is 0 Å². The fraction of sp³-hybridized carbons (Fsp3) is 0.714. The van der Waals surface area contributed by atoms with E-state index in [1.54, 1.807) is 13.1 Å². The maximum Gasteiger partial charge on any atom is 0.281 e. The van der Waals surface area contributed by atoms with E-state index in [1.807, 2.05) is 17.8 Å². The van der Waals surface area contributed by atoms with Gasteiger partial charge in [-0.1, -0.05) is 0 Å². The Bertz CT molecular complexity index is 648. The number of nitrogens with zero attached hydrogens (tertiary/aromatic N) is 5. The third kappa shape index (κ3) is 3.48. The SMILES string of the molecule is CC(C#N)CN(C)S(=O)(=O)N1CCCC(c2nccn2C)C1. The highest BCUT2D eigenvalue weighted by Crippen LogP contribution is 2.27. The number of hydrogen-bond acceptors (Lipinski definition) is 4. The van der Waals surface area contributed by atoms with Gasteiger partial charge in [0.1, 0.15) is 5.82 Å². The molecule has 1 aromatic rings. The Morgan fingerprint density at radius 2 is 2.32 bits per heavy atom. The number of hydrogen-bond donors (Lipinski definition) is 0. The predicted octanol–water partition coefficient (Wildman–Crippen LogP) is 0.936. The lowest BCUT2D eigenvalue weighted by Gasteiger charge is -2.34. The van der Waals surface area contributed by atoms with Gasteiger partial charge in [-0.2, -0.15) is 22.3 Å². The van der Waals surface area contributed by atoms with Gasteiger partial charge in [-0.25, -0.2) is 4.98 Å². The summed E-state index contributed by atoms with van der Waals surface area (Å²) in [6, 6.07) is 2.07. The van der Waals surface area contributed by atoms with Crippen molar-refractivity contribution in [2.75, 3.05) is 26.7 Å². The average Bonchev–Trinajstić information content (AvgIpc) is 2.93. The Labute approximate surface area is 132 Å². The summed E-state index contributed by atoms with van der Waals surface area (Å²) in [5, 5.41) is 8.86. The Morgan fingerprint density at radius 3 is 2.91 bits per heavy atom. The van der Waals surface area contributed by atoms with Gasteiger partial charge in [-0.3, -0.25) is 0 Å². The van der Waals surface area contributed by atoms with E-state index < -0.39 is 10.2 Å². The van der Waals surface area contributed by atoms with Crippen LogP contribution in [0.2, 0.25) is 0 Å². The molecule has 0 N–H and O–H groups in total. The van der Waals surface area contributed by atoms with E-state index in [2.05, 4.69) is 11.1 Å². The molecule has 0 aromatic carbocycles. The number of piperidine rings is 1. The molecule has 2 unspecified atom stereocenters. The van der Waals surface area contributed by atoms with Crippen LogP contribution in [0.1, 0.15) is 31.5 Å². The van der Waals surface area contributed by atoms with Gasteiger partial charge in [0.05, 0.1) is 12.0 Å². The largest absolute Gasteiger partial charge is 0.338 e. The molecule has 0 spiro atoms. The first-order valence-electron chi connectivity index (χ1n) is 7.44. The lowest BCUT2D eigenvalue weighted by Crippen LogP contribution is -2.47. The molecule has 2 atom stereocenters. The van der Waals surface area contributed by atoms with E-state index in [9.17, 15) is 8.42 Å². The Balaban J connectivity index is 2.11. The van der Waals surface area contributed by atoms with Crippen molar-refractivity contribution < 1.29 is 8.42 Å². The van der Waals surface area contributed by atoms with Crippen LogP contribution in [0.15, 0.2) is 12.4 Å². The molecule has 22 heavy (non-hydrogen) atoms. The third-order valence-corrected chi connectivity index (χ3v) is 6.00. The molecular formula is C14H23N5O2S. The highest BCUT2D eigenvalue weighted by Gasteiger charge is 2.34. The van der Waals surface area contributed by atoms with Gasteiger partial charge >= 0.3 is 0 Å². The van der Waals surface area contributed by atoms with Crippen molar-refractivity contribution in [3.05, 3.63) is 18.2 Å². The molecule has 0 amide bonds. The minimum atomic E-state index is -3.53. The second-order valence-electron chi connectivity index (χ2n) is 5.91. The molecule has 1 aliphatic rings. The van der Waals surface area contributed by atoms with Gasteiger partial charge in [0, 0.05) is 52.0 Å². The molecule has 1 aromatic heterocycles. The van der Waals surface area contributed by atoms with Gasteiger partial charge < -0.3 is 4.57 Å². The molecule has 8 heteroatoms. The molecule has 1 aliphatic heterocycles. The van der Waals surface area contributed by atoms with Gasteiger partial charge in [-0.05, 0) is 19.8 Å². The van der Waals surface area contributed by atoms with Crippen LogP contribution in [0.5, 0.6) is 0 Å². The fourth-order valence-electron chi connectivity index (χ4n) is 2.85. The highest BCUT2D eigenvalue weighted by molar-refractivity contribution is 7.86. The predicted molar refractivity (Wildman–Crippen MR) is 83.1 cm³/mol. The number of nitriles is 1. The first kappa shape index (κ1) is 16.9. The molecule has 1 saturated heterocycles. The number of rotatable bonds is 5. The van der Waals surface area contributed by atoms with Crippen molar-refractivity contribution >= 4 is 10.2 Å². The van der Waals surface area contributed by atoms with Crippen LogP contribution in [0.4, 0.5) is 0 Å². The first-order valence-corrected chi connectivity index (χ1v) is 8.84. The normalized spacial score (nSPS) is 21.7. The number of imidazole rings is 1. The van der Waals surface area contributed by atoms with Crippen LogP contribution >= 0.6 is 0 Å². The van der Waals surface area contributed by atoms with E-state index in [-0.39, 0.29) is 18.4 Å². The van der Waals surface area contributed by atoms with Crippen LogP contribution in [0.3, 0.4) is 0 Å². The van der Waals surface area contributed by atoms with Crippen molar-refractivity contribution in [2.24, 2.45) is 13.0 Å². The van der Waals surface area contributed by atoms with E-state index in [0.717, 1.165) is 18.7 Å². The van der Waals surface area contributed by atoms with Crippen molar-refractivity contribution in [3.8, 4) is 6.07 Å². The quantitative estimate of drug-likeness (QED) is 0.806. The van der Waals surface area contributed by atoms with Crippen LogP contribution < -0.4 is 0 Å². The summed E-state index contributed by atoms with van der Waals surface area (Å²) in [5.74, 6) is 0.716. The van der Waals surface area contributed by atoms with Crippen molar-refractivity contribution in [1.82, 2.24) is 18.2 Å². The van der Waals surface area contributed by atoms with Crippen molar-refractivity contribution in [1.29, 1.82) is 5.26 Å². The Kier molecular flexibility index (Phi) is 5.21. The molecular weight excluding hydrogens is 302 g/mol. The summed E-state index contributed by atoms with van der Waals surface area (Å²) in [6.07, 6.45) is 5.38. The molecule has 0 saturated carbocycles. The van der Waals surface area contributed by atoms with Crippen molar-refractivity contribution in [3.63, 3.8) is 0 Å². The van der Waals surface area contributed by atoms with Crippen LogP contribution in [0.25, 0.3) is 0 Å². The summed E-state index contributed by atoms with van der Waals surface area (Å²) in [7, 11) is -0.0632. The van der Waals surface area contributed by atoms with E-state index in [1.165, 1.54) is 15.7 Å². The lowest BCUT2D eigenvalue weighted by atomic mass is 9.99.